The summed E-state index contributed by atoms with van der Waals surface area (Å²) >= 11 is 0. The van der Waals surface area contributed by atoms with E-state index in [0.717, 1.165) is 25.7 Å². The van der Waals surface area contributed by atoms with Crippen molar-refractivity contribution in [3.63, 3.8) is 0 Å². The van der Waals surface area contributed by atoms with Gasteiger partial charge in [0.25, 0.3) is 0 Å². The lowest BCUT2D eigenvalue weighted by atomic mass is 10.0. The molecule has 88 valence electrons. The summed E-state index contributed by atoms with van der Waals surface area (Å²) in [6, 6.07) is 9.16. The van der Waals surface area contributed by atoms with Gasteiger partial charge in [-0.05, 0) is 37.5 Å². The number of ether oxygens (including phenoxy) is 1. The largest absolute Gasteiger partial charge is 0.494 e. The van der Waals surface area contributed by atoms with E-state index < -0.39 is 0 Å². The van der Waals surface area contributed by atoms with E-state index in [4.69, 9.17) is 10.00 Å². The molecule has 0 amide bonds. The van der Waals surface area contributed by atoms with Crippen LogP contribution in [0.1, 0.15) is 31.2 Å². The van der Waals surface area contributed by atoms with E-state index in [9.17, 15) is 4.79 Å². The SMILES string of the molecule is N#Cc1cccc(OCCC2CCCC2=O)c1. The number of ketones is 1. The highest BCUT2D eigenvalue weighted by Crippen LogP contribution is 2.24. The van der Waals surface area contributed by atoms with Crippen LogP contribution in [0.25, 0.3) is 0 Å². The minimum atomic E-state index is 0.189. The van der Waals surface area contributed by atoms with Crippen molar-refractivity contribution >= 4 is 5.78 Å². The van der Waals surface area contributed by atoms with Gasteiger partial charge in [-0.15, -0.1) is 0 Å². The molecular weight excluding hydrogens is 214 g/mol. The first-order valence-corrected chi connectivity index (χ1v) is 5.95. The Hall–Kier alpha value is -1.82. The van der Waals surface area contributed by atoms with Gasteiger partial charge in [0.2, 0.25) is 0 Å². The first kappa shape index (κ1) is 11.7. The van der Waals surface area contributed by atoms with Crippen molar-refractivity contribution in [2.75, 3.05) is 6.61 Å². The predicted octanol–water partition coefficient (Wildman–Crippen LogP) is 2.70. The number of carbonyl (C=O) groups is 1. The van der Waals surface area contributed by atoms with Gasteiger partial charge < -0.3 is 4.74 Å². The summed E-state index contributed by atoms with van der Waals surface area (Å²) in [5.41, 5.74) is 0.597. The molecule has 3 nitrogen and oxygen atoms in total. The average molecular weight is 229 g/mol. The van der Waals surface area contributed by atoms with E-state index in [2.05, 4.69) is 6.07 Å². The van der Waals surface area contributed by atoms with Crippen molar-refractivity contribution in [3.05, 3.63) is 29.8 Å². The van der Waals surface area contributed by atoms with E-state index >= 15 is 0 Å². The first-order chi connectivity index (χ1) is 8.29. The summed E-state index contributed by atoms with van der Waals surface area (Å²) in [5.74, 6) is 1.27. The Morgan fingerprint density at radius 3 is 3.06 bits per heavy atom. The number of nitrogens with zero attached hydrogens (tertiary/aromatic N) is 1. The molecule has 0 radical (unpaired) electrons. The number of rotatable bonds is 4. The monoisotopic (exact) mass is 229 g/mol. The lowest BCUT2D eigenvalue weighted by molar-refractivity contribution is -0.121. The van der Waals surface area contributed by atoms with Crippen molar-refractivity contribution in [2.45, 2.75) is 25.7 Å². The zero-order chi connectivity index (χ0) is 12.1. The molecule has 0 N–H and O–H groups in total. The van der Waals surface area contributed by atoms with E-state index in [-0.39, 0.29) is 5.92 Å². The molecule has 1 aromatic rings. The van der Waals surface area contributed by atoms with E-state index in [1.165, 1.54) is 0 Å². The Morgan fingerprint density at radius 2 is 2.35 bits per heavy atom. The zero-order valence-corrected chi connectivity index (χ0v) is 9.69. The lowest BCUT2D eigenvalue weighted by Gasteiger charge is -2.09. The Bertz CT molecular complexity index is 448. The maximum atomic E-state index is 11.4. The van der Waals surface area contributed by atoms with Gasteiger partial charge in [0.1, 0.15) is 11.5 Å². The molecule has 0 aromatic heterocycles. The van der Waals surface area contributed by atoms with Crippen LogP contribution in [-0.2, 0) is 4.79 Å². The van der Waals surface area contributed by atoms with E-state index in [1.54, 1.807) is 18.2 Å². The molecule has 1 saturated carbocycles. The molecule has 17 heavy (non-hydrogen) atoms. The van der Waals surface area contributed by atoms with Gasteiger partial charge in [0.05, 0.1) is 18.2 Å². The van der Waals surface area contributed by atoms with Gasteiger partial charge in [0.15, 0.2) is 0 Å². The first-order valence-electron chi connectivity index (χ1n) is 5.95. The van der Waals surface area contributed by atoms with Gasteiger partial charge in [-0.1, -0.05) is 6.07 Å². The summed E-state index contributed by atoms with van der Waals surface area (Å²) in [7, 11) is 0. The molecule has 0 spiro atoms. The molecule has 0 saturated heterocycles. The van der Waals surface area contributed by atoms with Crippen LogP contribution in [0, 0.1) is 17.2 Å². The quantitative estimate of drug-likeness (QED) is 0.797. The van der Waals surface area contributed by atoms with Gasteiger partial charge in [0, 0.05) is 12.3 Å². The molecule has 1 aliphatic carbocycles. The molecule has 0 heterocycles. The summed E-state index contributed by atoms with van der Waals surface area (Å²) in [4.78, 5) is 11.4. The zero-order valence-electron chi connectivity index (χ0n) is 9.69. The highest BCUT2D eigenvalue weighted by Gasteiger charge is 2.23. The molecule has 2 rings (SSSR count). The van der Waals surface area contributed by atoms with E-state index in [0.29, 0.717) is 23.7 Å². The minimum Gasteiger partial charge on any atom is -0.494 e. The highest BCUT2D eigenvalue weighted by molar-refractivity contribution is 5.82. The smallest absolute Gasteiger partial charge is 0.136 e. The van der Waals surface area contributed by atoms with Crippen molar-refractivity contribution in [3.8, 4) is 11.8 Å². The number of Topliss-reactive ketones (excluding diaryl/α,β-unsaturated/α-hetero) is 1. The third kappa shape index (κ3) is 3.07. The molecule has 3 heteroatoms. The summed E-state index contributed by atoms with van der Waals surface area (Å²) in [5, 5.41) is 8.74. The molecule has 1 atom stereocenters. The third-order valence-corrected chi connectivity index (χ3v) is 3.13. The number of carbonyl (C=O) groups excluding carboxylic acids is 1. The summed E-state index contributed by atoms with van der Waals surface area (Å²) in [6.07, 6.45) is 3.54. The predicted molar refractivity (Wildman–Crippen MR) is 63.6 cm³/mol. The Kier molecular flexibility index (Phi) is 3.77. The van der Waals surface area contributed by atoms with Crippen molar-refractivity contribution in [2.24, 2.45) is 5.92 Å². The molecule has 1 aliphatic rings. The van der Waals surface area contributed by atoms with Gasteiger partial charge in [-0.25, -0.2) is 0 Å². The van der Waals surface area contributed by atoms with Crippen LogP contribution < -0.4 is 4.74 Å². The van der Waals surface area contributed by atoms with Crippen molar-refractivity contribution in [1.29, 1.82) is 5.26 Å². The Balaban J connectivity index is 1.82. The second-order valence-electron chi connectivity index (χ2n) is 4.33. The second-order valence-corrected chi connectivity index (χ2v) is 4.33. The topological polar surface area (TPSA) is 50.1 Å². The van der Waals surface area contributed by atoms with Crippen LogP contribution in [0.15, 0.2) is 24.3 Å². The van der Waals surface area contributed by atoms with Gasteiger partial charge in [-0.3, -0.25) is 4.79 Å². The van der Waals surface area contributed by atoms with Crippen LogP contribution >= 0.6 is 0 Å². The number of benzene rings is 1. The Morgan fingerprint density at radius 1 is 1.47 bits per heavy atom. The number of hydrogen-bond donors (Lipinski definition) is 0. The third-order valence-electron chi connectivity index (χ3n) is 3.13. The number of nitriles is 1. The van der Waals surface area contributed by atoms with Gasteiger partial charge >= 0.3 is 0 Å². The molecule has 0 aliphatic heterocycles. The van der Waals surface area contributed by atoms with Crippen molar-refractivity contribution in [1.82, 2.24) is 0 Å². The molecule has 0 bridgehead atoms. The second kappa shape index (κ2) is 5.49. The lowest BCUT2D eigenvalue weighted by Crippen LogP contribution is -2.11. The van der Waals surface area contributed by atoms with Gasteiger partial charge in [-0.2, -0.15) is 5.26 Å². The highest BCUT2D eigenvalue weighted by atomic mass is 16.5. The molecule has 1 aromatic carbocycles. The van der Waals surface area contributed by atoms with Crippen LogP contribution in [0.2, 0.25) is 0 Å². The van der Waals surface area contributed by atoms with Crippen LogP contribution in [0.5, 0.6) is 5.75 Å². The minimum absolute atomic E-state index is 0.189. The summed E-state index contributed by atoms with van der Waals surface area (Å²) < 4.78 is 5.56. The standard InChI is InChI=1S/C14H15NO2/c15-10-11-3-1-5-13(9-11)17-8-7-12-4-2-6-14(12)16/h1,3,5,9,12H,2,4,6-8H2. The average Bonchev–Trinajstić information content (AvgIpc) is 2.76. The van der Waals surface area contributed by atoms with Crippen LogP contribution in [0.3, 0.4) is 0 Å². The molecule has 1 fully saturated rings. The maximum Gasteiger partial charge on any atom is 0.136 e. The van der Waals surface area contributed by atoms with Crippen LogP contribution in [-0.4, -0.2) is 12.4 Å². The van der Waals surface area contributed by atoms with Crippen LogP contribution in [0.4, 0.5) is 0 Å². The fourth-order valence-corrected chi connectivity index (χ4v) is 2.17. The van der Waals surface area contributed by atoms with Crippen molar-refractivity contribution < 1.29 is 9.53 Å². The molecule has 1 unspecified atom stereocenters. The molecular formula is C14H15NO2. The summed E-state index contributed by atoms with van der Waals surface area (Å²) in [6.45, 7) is 0.547. The Labute approximate surface area is 101 Å². The maximum absolute atomic E-state index is 11.4. The fourth-order valence-electron chi connectivity index (χ4n) is 2.17. The normalized spacial score (nSPS) is 19.0. The van der Waals surface area contributed by atoms with E-state index in [1.807, 2.05) is 6.07 Å². The fraction of sp³-hybridized carbons (Fsp3) is 0.429. The number of hydrogen-bond acceptors (Lipinski definition) is 3.